The summed E-state index contributed by atoms with van der Waals surface area (Å²) in [6, 6.07) is 5.88. The Morgan fingerprint density at radius 1 is 1.53 bits per heavy atom. The number of rotatable bonds is 3. The summed E-state index contributed by atoms with van der Waals surface area (Å²) in [6.07, 6.45) is 0. The molecule has 1 heterocycles. The fourth-order valence-corrected chi connectivity index (χ4v) is 2.37. The SMILES string of the molecule is Cc1cc(Br)ccc1NC(=O)C(C)C1CNC1. The van der Waals surface area contributed by atoms with Crippen molar-refractivity contribution in [2.24, 2.45) is 11.8 Å². The molecule has 0 bridgehead atoms. The van der Waals surface area contributed by atoms with Gasteiger partial charge >= 0.3 is 0 Å². The van der Waals surface area contributed by atoms with Crippen LogP contribution in [0.5, 0.6) is 0 Å². The zero-order chi connectivity index (χ0) is 12.4. The van der Waals surface area contributed by atoms with Gasteiger partial charge in [-0.25, -0.2) is 0 Å². The lowest BCUT2D eigenvalue weighted by Crippen LogP contribution is -2.48. The largest absolute Gasteiger partial charge is 0.326 e. The third kappa shape index (κ3) is 2.87. The number of carbonyl (C=O) groups is 1. The highest BCUT2D eigenvalue weighted by Gasteiger charge is 2.28. The van der Waals surface area contributed by atoms with Crippen molar-refractivity contribution in [1.82, 2.24) is 5.32 Å². The van der Waals surface area contributed by atoms with E-state index in [1.165, 1.54) is 0 Å². The standard InChI is InChI=1S/C13H17BrN2O/c1-8-5-11(14)3-4-12(8)16-13(17)9(2)10-6-15-7-10/h3-5,9-10,15H,6-7H2,1-2H3,(H,16,17). The fraction of sp³-hybridized carbons (Fsp3) is 0.462. The smallest absolute Gasteiger partial charge is 0.227 e. The number of carbonyl (C=O) groups excluding carboxylic acids is 1. The van der Waals surface area contributed by atoms with E-state index >= 15 is 0 Å². The number of hydrogen-bond donors (Lipinski definition) is 2. The van der Waals surface area contributed by atoms with Crippen molar-refractivity contribution in [3.05, 3.63) is 28.2 Å². The van der Waals surface area contributed by atoms with Gasteiger partial charge in [-0.15, -0.1) is 0 Å². The van der Waals surface area contributed by atoms with Crippen molar-refractivity contribution < 1.29 is 4.79 Å². The summed E-state index contributed by atoms with van der Waals surface area (Å²) in [5.41, 5.74) is 1.98. The van der Waals surface area contributed by atoms with Gasteiger partial charge in [0.15, 0.2) is 0 Å². The van der Waals surface area contributed by atoms with Crippen molar-refractivity contribution in [2.75, 3.05) is 18.4 Å². The molecule has 1 atom stereocenters. The maximum Gasteiger partial charge on any atom is 0.227 e. The molecule has 0 aliphatic carbocycles. The molecule has 1 aromatic carbocycles. The van der Waals surface area contributed by atoms with Gasteiger partial charge in [0.25, 0.3) is 0 Å². The molecule has 1 aliphatic heterocycles. The second kappa shape index (κ2) is 5.19. The van der Waals surface area contributed by atoms with E-state index < -0.39 is 0 Å². The number of nitrogens with one attached hydrogen (secondary N) is 2. The zero-order valence-corrected chi connectivity index (χ0v) is 11.7. The van der Waals surface area contributed by atoms with Gasteiger partial charge < -0.3 is 10.6 Å². The van der Waals surface area contributed by atoms with E-state index in [4.69, 9.17) is 0 Å². The van der Waals surface area contributed by atoms with Gasteiger partial charge in [0.2, 0.25) is 5.91 Å². The van der Waals surface area contributed by atoms with Gasteiger partial charge in [0.05, 0.1) is 0 Å². The van der Waals surface area contributed by atoms with Crippen LogP contribution in [0.2, 0.25) is 0 Å². The van der Waals surface area contributed by atoms with E-state index in [9.17, 15) is 4.79 Å². The van der Waals surface area contributed by atoms with Crippen molar-refractivity contribution in [3.8, 4) is 0 Å². The molecule has 1 unspecified atom stereocenters. The minimum atomic E-state index is 0.0688. The number of benzene rings is 1. The molecule has 1 aromatic rings. The van der Waals surface area contributed by atoms with Crippen LogP contribution < -0.4 is 10.6 Å². The highest BCUT2D eigenvalue weighted by atomic mass is 79.9. The molecule has 0 radical (unpaired) electrons. The molecule has 0 spiro atoms. The first-order chi connectivity index (χ1) is 8.08. The summed E-state index contributed by atoms with van der Waals surface area (Å²) in [7, 11) is 0. The molecule has 1 amide bonds. The summed E-state index contributed by atoms with van der Waals surface area (Å²) in [5.74, 6) is 0.659. The highest BCUT2D eigenvalue weighted by Crippen LogP contribution is 2.22. The Morgan fingerprint density at radius 3 is 2.76 bits per heavy atom. The van der Waals surface area contributed by atoms with Crippen molar-refractivity contribution in [3.63, 3.8) is 0 Å². The van der Waals surface area contributed by atoms with E-state index in [1.807, 2.05) is 32.0 Å². The summed E-state index contributed by atoms with van der Waals surface area (Å²) >= 11 is 3.41. The van der Waals surface area contributed by atoms with Crippen LogP contribution in [-0.2, 0) is 4.79 Å². The van der Waals surface area contributed by atoms with Gasteiger partial charge in [0, 0.05) is 16.1 Å². The van der Waals surface area contributed by atoms with E-state index in [1.54, 1.807) is 0 Å². The number of aryl methyl sites for hydroxylation is 1. The molecular weight excluding hydrogens is 280 g/mol. The molecule has 17 heavy (non-hydrogen) atoms. The van der Waals surface area contributed by atoms with Crippen LogP contribution in [0.15, 0.2) is 22.7 Å². The average molecular weight is 297 g/mol. The Kier molecular flexibility index (Phi) is 3.84. The lowest BCUT2D eigenvalue weighted by Gasteiger charge is -2.31. The topological polar surface area (TPSA) is 41.1 Å². The second-order valence-corrected chi connectivity index (χ2v) is 5.57. The quantitative estimate of drug-likeness (QED) is 0.900. The highest BCUT2D eigenvalue weighted by molar-refractivity contribution is 9.10. The summed E-state index contributed by atoms with van der Waals surface area (Å²) in [5, 5.41) is 6.19. The Bertz CT molecular complexity index is 429. The number of anilines is 1. The molecular formula is C13H17BrN2O. The molecule has 1 aliphatic rings. The first-order valence-electron chi connectivity index (χ1n) is 5.85. The molecule has 1 fully saturated rings. The van der Waals surface area contributed by atoms with Crippen molar-refractivity contribution >= 4 is 27.5 Å². The van der Waals surface area contributed by atoms with Crippen LogP contribution in [0.1, 0.15) is 12.5 Å². The van der Waals surface area contributed by atoms with Gasteiger partial charge in [-0.3, -0.25) is 4.79 Å². The first kappa shape index (κ1) is 12.6. The van der Waals surface area contributed by atoms with Gasteiger partial charge in [0.1, 0.15) is 0 Å². The molecule has 92 valence electrons. The first-order valence-corrected chi connectivity index (χ1v) is 6.65. The molecule has 4 heteroatoms. The van der Waals surface area contributed by atoms with Gasteiger partial charge in [-0.2, -0.15) is 0 Å². The second-order valence-electron chi connectivity index (χ2n) is 4.66. The summed E-state index contributed by atoms with van der Waals surface area (Å²) in [4.78, 5) is 12.0. The molecule has 2 rings (SSSR count). The molecule has 3 nitrogen and oxygen atoms in total. The van der Waals surface area contributed by atoms with E-state index in [2.05, 4.69) is 26.6 Å². The van der Waals surface area contributed by atoms with E-state index in [0.717, 1.165) is 28.8 Å². The monoisotopic (exact) mass is 296 g/mol. The predicted molar refractivity (Wildman–Crippen MR) is 73.0 cm³/mol. The molecule has 0 aromatic heterocycles. The number of hydrogen-bond acceptors (Lipinski definition) is 2. The minimum absolute atomic E-state index is 0.0688. The molecule has 2 N–H and O–H groups in total. The van der Waals surface area contributed by atoms with E-state index in [0.29, 0.717) is 5.92 Å². The van der Waals surface area contributed by atoms with Crippen LogP contribution in [0.25, 0.3) is 0 Å². The maximum atomic E-state index is 12.0. The zero-order valence-electron chi connectivity index (χ0n) is 10.1. The van der Waals surface area contributed by atoms with Crippen LogP contribution in [-0.4, -0.2) is 19.0 Å². The normalized spacial score (nSPS) is 17.4. The molecule has 0 saturated carbocycles. The molecule has 1 saturated heterocycles. The third-order valence-electron chi connectivity index (χ3n) is 3.38. The fourth-order valence-electron chi connectivity index (χ4n) is 1.89. The Hall–Kier alpha value is -0.870. The Balaban J connectivity index is 2.02. The lowest BCUT2D eigenvalue weighted by atomic mass is 9.88. The van der Waals surface area contributed by atoms with E-state index in [-0.39, 0.29) is 11.8 Å². The Morgan fingerprint density at radius 2 is 2.24 bits per heavy atom. The minimum Gasteiger partial charge on any atom is -0.326 e. The van der Waals surface area contributed by atoms with Gasteiger partial charge in [-0.1, -0.05) is 22.9 Å². The number of amides is 1. The van der Waals surface area contributed by atoms with Crippen LogP contribution in [0.4, 0.5) is 5.69 Å². The summed E-state index contributed by atoms with van der Waals surface area (Å²) in [6.45, 7) is 5.90. The van der Waals surface area contributed by atoms with Crippen LogP contribution >= 0.6 is 15.9 Å². The predicted octanol–water partition coefficient (Wildman–Crippen LogP) is 2.55. The Labute approximate surface area is 110 Å². The van der Waals surface area contributed by atoms with Crippen molar-refractivity contribution in [1.29, 1.82) is 0 Å². The van der Waals surface area contributed by atoms with Crippen molar-refractivity contribution in [2.45, 2.75) is 13.8 Å². The van der Waals surface area contributed by atoms with Gasteiger partial charge in [-0.05, 0) is 49.7 Å². The summed E-state index contributed by atoms with van der Waals surface area (Å²) < 4.78 is 1.03. The lowest BCUT2D eigenvalue weighted by molar-refractivity contribution is -0.121. The maximum absolute atomic E-state index is 12.0. The van der Waals surface area contributed by atoms with Crippen LogP contribution in [0.3, 0.4) is 0 Å². The third-order valence-corrected chi connectivity index (χ3v) is 3.87. The van der Waals surface area contributed by atoms with Crippen LogP contribution in [0, 0.1) is 18.8 Å². The number of halogens is 1. The average Bonchev–Trinajstić information content (AvgIpc) is 2.19.